The zero-order valence-electron chi connectivity index (χ0n) is 7.24. The molecule has 0 saturated carbocycles. The van der Waals surface area contributed by atoms with Gasteiger partial charge in [0.15, 0.2) is 0 Å². The smallest absolute Gasteiger partial charge is 0.111 e. The highest BCUT2D eigenvalue weighted by atomic mass is 32.2. The predicted octanol–water partition coefficient (Wildman–Crippen LogP) is 2.33. The summed E-state index contributed by atoms with van der Waals surface area (Å²) in [4.78, 5) is 4.28. The highest BCUT2D eigenvalue weighted by Gasteiger charge is 2.04. The Bertz CT molecular complexity index is 218. The molecule has 0 aliphatic heterocycles. The lowest BCUT2D eigenvalue weighted by Crippen LogP contribution is -2.02. The van der Waals surface area contributed by atoms with Crippen molar-refractivity contribution in [3.05, 3.63) is 18.2 Å². The Hall–Kier alpha value is -0.440. The minimum absolute atomic E-state index is 0.525. The fourth-order valence-corrected chi connectivity index (χ4v) is 1.57. The van der Waals surface area contributed by atoms with Gasteiger partial charge >= 0.3 is 0 Å². The van der Waals surface area contributed by atoms with Gasteiger partial charge in [0, 0.05) is 18.3 Å². The lowest BCUT2D eigenvalue weighted by Gasteiger charge is -2.07. The summed E-state index contributed by atoms with van der Waals surface area (Å²) in [6.07, 6.45) is 6.00. The summed E-state index contributed by atoms with van der Waals surface area (Å²) in [6.45, 7) is 4.33. The van der Waals surface area contributed by atoms with Gasteiger partial charge in [0.25, 0.3) is 0 Å². The summed E-state index contributed by atoms with van der Waals surface area (Å²) in [5.41, 5.74) is 0. The van der Waals surface area contributed by atoms with Gasteiger partial charge < -0.3 is 4.57 Å². The quantitative estimate of drug-likeness (QED) is 0.693. The van der Waals surface area contributed by atoms with Crippen molar-refractivity contribution in [1.82, 2.24) is 9.55 Å². The molecule has 3 heteroatoms. The van der Waals surface area contributed by atoms with Crippen molar-refractivity contribution in [1.29, 1.82) is 0 Å². The third-order valence-corrected chi connectivity index (χ3v) is 2.07. The van der Waals surface area contributed by atoms with Gasteiger partial charge in [-0.25, -0.2) is 4.98 Å². The first-order chi connectivity index (χ1) is 5.25. The van der Waals surface area contributed by atoms with Crippen molar-refractivity contribution in [3.63, 3.8) is 0 Å². The minimum atomic E-state index is 0.525. The second kappa shape index (κ2) is 3.81. The second-order valence-corrected chi connectivity index (χ2v) is 3.66. The topological polar surface area (TPSA) is 17.8 Å². The van der Waals surface area contributed by atoms with Crippen molar-refractivity contribution in [2.45, 2.75) is 25.6 Å². The molecule has 1 heterocycles. The Morgan fingerprint density at radius 2 is 2.36 bits per heavy atom. The monoisotopic (exact) mass is 170 g/mol. The van der Waals surface area contributed by atoms with Gasteiger partial charge in [-0.1, -0.05) is 13.8 Å². The Kier molecular flexibility index (Phi) is 3.00. The molecule has 0 amide bonds. The average molecular weight is 170 g/mol. The van der Waals surface area contributed by atoms with Crippen LogP contribution in [0, 0.1) is 0 Å². The van der Waals surface area contributed by atoms with Crippen LogP contribution in [0.1, 0.15) is 25.6 Å². The molecule has 0 aromatic carbocycles. The molecular formula is C8H14N2S. The van der Waals surface area contributed by atoms with E-state index in [9.17, 15) is 0 Å². The molecule has 1 rings (SSSR count). The van der Waals surface area contributed by atoms with Crippen molar-refractivity contribution < 1.29 is 0 Å². The Labute approximate surface area is 72.0 Å². The Morgan fingerprint density at radius 3 is 2.91 bits per heavy atom. The number of hydrogen-bond acceptors (Lipinski definition) is 2. The summed E-state index contributed by atoms with van der Waals surface area (Å²) >= 11 is 1.81. The molecule has 0 N–H and O–H groups in total. The largest absolute Gasteiger partial charge is 0.325 e. The highest BCUT2D eigenvalue weighted by Crippen LogP contribution is 2.13. The van der Waals surface area contributed by atoms with E-state index in [0.717, 1.165) is 5.88 Å². The third kappa shape index (κ3) is 1.99. The highest BCUT2D eigenvalue weighted by molar-refractivity contribution is 7.97. The molecule has 0 aliphatic rings. The molecule has 0 atom stereocenters. The number of aromatic nitrogens is 2. The van der Waals surface area contributed by atoms with Gasteiger partial charge in [-0.2, -0.15) is 0 Å². The lowest BCUT2D eigenvalue weighted by atomic mass is 10.2. The van der Waals surface area contributed by atoms with Crippen LogP contribution in [-0.4, -0.2) is 15.8 Å². The van der Waals surface area contributed by atoms with Crippen LogP contribution in [0.5, 0.6) is 0 Å². The maximum absolute atomic E-state index is 4.28. The number of rotatable bonds is 3. The van der Waals surface area contributed by atoms with Gasteiger partial charge in [-0.05, 0) is 6.26 Å². The van der Waals surface area contributed by atoms with E-state index < -0.39 is 0 Å². The molecule has 62 valence electrons. The van der Waals surface area contributed by atoms with Crippen LogP contribution in [0.25, 0.3) is 0 Å². The minimum Gasteiger partial charge on any atom is -0.325 e. The van der Waals surface area contributed by atoms with E-state index in [1.54, 1.807) is 0 Å². The lowest BCUT2D eigenvalue weighted by molar-refractivity contribution is 0.704. The van der Waals surface area contributed by atoms with Gasteiger partial charge in [-0.3, -0.25) is 0 Å². The molecule has 0 unspecified atom stereocenters. The van der Waals surface area contributed by atoms with Gasteiger partial charge in [0.05, 0.1) is 5.88 Å². The van der Waals surface area contributed by atoms with Crippen LogP contribution in [0.15, 0.2) is 12.4 Å². The third-order valence-electron chi connectivity index (χ3n) is 1.53. The summed E-state index contributed by atoms with van der Waals surface area (Å²) in [5, 5.41) is 0. The van der Waals surface area contributed by atoms with E-state index in [-0.39, 0.29) is 0 Å². The van der Waals surface area contributed by atoms with Crippen molar-refractivity contribution >= 4 is 11.8 Å². The van der Waals surface area contributed by atoms with Crippen LogP contribution in [0.4, 0.5) is 0 Å². The zero-order valence-corrected chi connectivity index (χ0v) is 8.06. The van der Waals surface area contributed by atoms with Crippen LogP contribution in [0.3, 0.4) is 0 Å². The summed E-state index contributed by atoms with van der Waals surface area (Å²) in [6, 6.07) is 0. The van der Waals surface area contributed by atoms with Crippen LogP contribution < -0.4 is 0 Å². The molecular weight excluding hydrogens is 156 g/mol. The SMILES string of the molecule is CSCn1ccnc1C(C)C. The molecule has 0 fully saturated rings. The normalized spacial score (nSPS) is 10.9. The van der Waals surface area contributed by atoms with Crippen molar-refractivity contribution in [2.24, 2.45) is 0 Å². The fraction of sp³-hybridized carbons (Fsp3) is 0.625. The molecule has 0 aliphatic carbocycles. The van der Waals surface area contributed by atoms with Crippen molar-refractivity contribution in [2.75, 3.05) is 6.26 Å². The summed E-state index contributed by atoms with van der Waals surface area (Å²) < 4.78 is 2.19. The van der Waals surface area contributed by atoms with Crippen LogP contribution in [0.2, 0.25) is 0 Å². The second-order valence-electron chi connectivity index (χ2n) is 2.83. The maximum atomic E-state index is 4.28. The molecule has 0 spiro atoms. The van der Waals surface area contributed by atoms with E-state index in [1.807, 2.05) is 24.2 Å². The number of thioether (sulfide) groups is 1. The van der Waals surface area contributed by atoms with Gasteiger partial charge in [0.2, 0.25) is 0 Å². The van der Waals surface area contributed by atoms with E-state index in [1.165, 1.54) is 5.82 Å². The molecule has 1 aromatic heterocycles. The standard InChI is InChI=1S/C8H14N2S/c1-7(2)8-9-4-5-10(8)6-11-3/h4-5,7H,6H2,1-3H3. The van der Waals surface area contributed by atoms with Gasteiger partial charge in [-0.15, -0.1) is 11.8 Å². The number of nitrogens with zero attached hydrogens (tertiary/aromatic N) is 2. The molecule has 2 nitrogen and oxygen atoms in total. The molecule has 1 aromatic rings. The van der Waals surface area contributed by atoms with E-state index in [0.29, 0.717) is 5.92 Å². The Balaban J connectivity index is 2.78. The molecule has 0 radical (unpaired) electrons. The van der Waals surface area contributed by atoms with E-state index in [2.05, 4.69) is 29.7 Å². The fourth-order valence-electron chi connectivity index (χ4n) is 1.07. The summed E-state index contributed by atoms with van der Waals surface area (Å²) in [5.74, 6) is 2.71. The molecule has 11 heavy (non-hydrogen) atoms. The van der Waals surface area contributed by atoms with E-state index in [4.69, 9.17) is 0 Å². The molecule has 0 bridgehead atoms. The summed E-state index contributed by atoms with van der Waals surface area (Å²) in [7, 11) is 0. The van der Waals surface area contributed by atoms with E-state index >= 15 is 0 Å². The first-order valence-electron chi connectivity index (χ1n) is 3.75. The van der Waals surface area contributed by atoms with Crippen LogP contribution >= 0.6 is 11.8 Å². The van der Waals surface area contributed by atoms with Crippen molar-refractivity contribution in [3.8, 4) is 0 Å². The zero-order chi connectivity index (χ0) is 8.27. The van der Waals surface area contributed by atoms with Gasteiger partial charge in [0.1, 0.15) is 5.82 Å². The average Bonchev–Trinajstić information content (AvgIpc) is 2.36. The first-order valence-corrected chi connectivity index (χ1v) is 5.15. The number of hydrogen-bond donors (Lipinski definition) is 0. The maximum Gasteiger partial charge on any atom is 0.111 e. The predicted molar refractivity (Wildman–Crippen MR) is 49.8 cm³/mol. The first kappa shape index (κ1) is 8.65. The van der Waals surface area contributed by atoms with Crippen LogP contribution in [-0.2, 0) is 5.88 Å². The number of imidazole rings is 1. The Morgan fingerprint density at radius 1 is 1.64 bits per heavy atom. The molecule has 0 saturated heterocycles.